The normalized spacial score (nSPS) is 10.5. The van der Waals surface area contributed by atoms with Crippen LogP contribution in [0.4, 0.5) is 5.82 Å². The SMILES string of the molecule is CCOc1ccc(-c2cc(N)nn2C)cc1C. The van der Waals surface area contributed by atoms with E-state index in [1.165, 1.54) is 0 Å². The topological polar surface area (TPSA) is 53.1 Å². The molecule has 0 atom stereocenters. The summed E-state index contributed by atoms with van der Waals surface area (Å²) in [4.78, 5) is 0. The lowest BCUT2D eigenvalue weighted by atomic mass is 10.1. The molecule has 0 aliphatic rings. The zero-order chi connectivity index (χ0) is 12.4. The van der Waals surface area contributed by atoms with Gasteiger partial charge in [0.1, 0.15) is 11.6 Å². The minimum Gasteiger partial charge on any atom is -0.494 e. The Morgan fingerprint density at radius 1 is 1.35 bits per heavy atom. The predicted molar refractivity (Wildman–Crippen MR) is 69.0 cm³/mol. The lowest BCUT2D eigenvalue weighted by Crippen LogP contribution is -1.96. The Morgan fingerprint density at radius 3 is 2.65 bits per heavy atom. The van der Waals surface area contributed by atoms with Gasteiger partial charge in [-0.05, 0) is 37.6 Å². The quantitative estimate of drug-likeness (QED) is 0.882. The van der Waals surface area contributed by atoms with Crippen LogP contribution < -0.4 is 10.5 Å². The molecule has 2 N–H and O–H groups in total. The predicted octanol–water partition coefficient (Wildman–Crippen LogP) is 2.38. The minimum absolute atomic E-state index is 0.536. The summed E-state index contributed by atoms with van der Waals surface area (Å²) in [5.41, 5.74) is 8.89. The number of nitrogens with two attached hydrogens (primary N) is 1. The molecule has 0 radical (unpaired) electrons. The van der Waals surface area contributed by atoms with Gasteiger partial charge < -0.3 is 10.5 Å². The summed E-state index contributed by atoms with van der Waals surface area (Å²) in [7, 11) is 1.89. The van der Waals surface area contributed by atoms with Gasteiger partial charge >= 0.3 is 0 Å². The van der Waals surface area contributed by atoms with Crippen LogP contribution in [-0.2, 0) is 7.05 Å². The zero-order valence-electron chi connectivity index (χ0n) is 10.4. The molecule has 90 valence electrons. The maximum absolute atomic E-state index is 5.68. The smallest absolute Gasteiger partial charge is 0.146 e. The Hall–Kier alpha value is -1.97. The highest BCUT2D eigenvalue weighted by atomic mass is 16.5. The fraction of sp³-hybridized carbons (Fsp3) is 0.308. The van der Waals surface area contributed by atoms with Crippen LogP contribution in [0.15, 0.2) is 24.3 Å². The largest absolute Gasteiger partial charge is 0.494 e. The summed E-state index contributed by atoms with van der Waals surface area (Å²) in [5, 5.41) is 4.14. The van der Waals surface area contributed by atoms with Crippen molar-refractivity contribution in [2.24, 2.45) is 7.05 Å². The molecule has 2 rings (SSSR count). The van der Waals surface area contributed by atoms with Crippen LogP contribution in [-0.4, -0.2) is 16.4 Å². The van der Waals surface area contributed by atoms with Crippen LogP contribution in [0.25, 0.3) is 11.3 Å². The number of aromatic nitrogens is 2. The van der Waals surface area contributed by atoms with Crippen molar-refractivity contribution in [3.8, 4) is 17.0 Å². The Morgan fingerprint density at radius 2 is 2.12 bits per heavy atom. The molecule has 0 bridgehead atoms. The van der Waals surface area contributed by atoms with Crippen LogP contribution >= 0.6 is 0 Å². The van der Waals surface area contributed by atoms with Crippen LogP contribution in [0.3, 0.4) is 0 Å². The average Bonchev–Trinajstić information content (AvgIpc) is 2.61. The van der Waals surface area contributed by atoms with E-state index in [0.29, 0.717) is 12.4 Å². The Balaban J connectivity index is 2.41. The monoisotopic (exact) mass is 231 g/mol. The molecule has 0 amide bonds. The number of anilines is 1. The van der Waals surface area contributed by atoms with Crippen molar-refractivity contribution in [2.45, 2.75) is 13.8 Å². The van der Waals surface area contributed by atoms with Gasteiger partial charge in [-0.25, -0.2) is 0 Å². The van der Waals surface area contributed by atoms with Crippen molar-refractivity contribution >= 4 is 5.82 Å². The van der Waals surface area contributed by atoms with Gasteiger partial charge in [0.2, 0.25) is 0 Å². The van der Waals surface area contributed by atoms with Gasteiger partial charge in [0.25, 0.3) is 0 Å². The summed E-state index contributed by atoms with van der Waals surface area (Å²) >= 11 is 0. The molecule has 4 nitrogen and oxygen atoms in total. The van der Waals surface area contributed by atoms with E-state index in [1.807, 2.05) is 39.1 Å². The van der Waals surface area contributed by atoms with E-state index in [4.69, 9.17) is 10.5 Å². The van der Waals surface area contributed by atoms with Crippen LogP contribution in [0, 0.1) is 6.92 Å². The highest BCUT2D eigenvalue weighted by Crippen LogP contribution is 2.26. The fourth-order valence-electron chi connectivity index (χ4n) is 1.89. The molecule has 1 heterocycles. The van der Waals surface area contributed by atoms with E-state index in [2.05, 4.69) is 11.2 Å². The first kappa shape index (κ1) is 11.5. The second-order valence-electron chi connectivity index (χ2n) is 3.99. The van der Waals surface area contributed by atoms with Crippen molar-refractivity contribution in [3.63, 3.8) is 0 Å². The van der Waals surface area contributed by atoms with Crippen molar-refractivity contribution in [2.75, 3.05) is 12.3 Å². The number of aryl methyl sites for hydroxylation is 2. The third kappa shape index (κ3) is 2.25. The van der Waals surface area contributed by atoms with Gasteiger partial charge in [-0.1, -0.05) is 0 Å². The molecule has 0 aliphatic heterocycles. The summed E-state index contributed by atoms with van der Waals surface area (Å²) in [6.07, 6.45) is 0. The molecule has 0 fully saturated rings. The van der Waals surface area contributed by atoms with E-state index in [1.54, 1.807) is 4.68 Å². The lowest BCUT2D eigenvalue weighted by Gasteiger charge is -2.09. The molecular weight excluding hydrogens is 214 g/mol. The number of nitrogen functional groups attached to an aromatic ring is 1. The van der Waals surface area contributed by atoms with E-state index in [9.17, 15) is 0 Å². The molecule has 17 heavy (non-hydrogen) atoms. The number of benzene rings is 1. The van der Waals surface area contributed by atoms with Crippen molar-refractivity contribution in [1.29, 1.82) is 0 Å². The number of rotatable bonds is 3. The van der Waals surface area contributed by atoms with E-state index in [-0.39, 0.29) is 0 Å². The Labute approximate surface area is 101 Å². The molecule has 2 aromatic rings. The third-order valence-corrected chi connectivity index (χ3v) is 2.67. The van der Waals surface area contributed by atoms with E-state index in [0.717, 1.165) is 22.6 Å². The molecule has 4 heteroatoms. The maximum atomic E-state index is 5.68. The van der Waals surface area contributed by atoms with Gasteiger partial charge in [-0.2, -0.15) is 5.10 Å². The highest BCUT2D eigenvalue weighted by Gasteiger charge is 2.07. The third-order valence-electron chi connectivity index (χ3n) is 2.67. The number of hydrogen-bond donors (Lipinski definition) is 1. The van der Waals surface area contributed by atoms with Crippen LogP contribution in [0.2, 0.25) is 0 Å². The molecule has 0 aliphatic carbocycles. The average molecular weight is 231 g/mol. The summed E-state index contributed by atoms with van der Waals surface area (Å²) in [5.74, 6) is 1.46. The molecule has 0 saturated carbocycles. The second kappa shape index (κ2) is 4.49. The number of ether oxygens (including phenoxy) is 1. The molecule has 0 spiro atoms. The molecule has 0 saturated heterocycles. The zero-order valence-corrected chi connectivity index (χ0v) is 10.4. The first-order chi connectivity index (χ1) is 8.11. The summed E-state index contributed by atoms with van der Waals surface area (Å²) in [6.45, 7) is 4.70. The van der Waals surface area contributed by atoms with Gasteiger partial charge in [0.15, 0.2) is 0 Å². The lowest BCUT2D eigenvalue weighted by molar-refractivity contribution is 0.338. The van der Waals surface area contributed by atoms with Crippen LogP contribution in [0.5, 0.6) is 5.75 Å². The Kier molecular flexibility index (Phi) is 3.04. The van der Waals surface area contributed by atoms with Gasteiger partial charge in [-0.3, -0.25) is 4.68 Å². The number of hydrogen-bond acceptors (Lipinski definition) is 3. The molecular formula is C13H17N3O. The minimum atomic E-state index is 0.536. The van der Waals surface area contributed by atoms with E-state index < -0.39 is 0 Å². The van der Waals surface area contributed by atoms with Gasteiger partial charge in [-0.15, -0.1) is 0 Å². The second-order valence-corrected chi connectivity index (χ2v) is 3.99. The van der Waals surface area contributed by atoms with Crippen molar-refractivity contribution < 1.29 is 4.74 Å². The number of nitrogens with zero attached hydrogens (tertiary/aromatic N) is 2. The fourth-order valence-corrected chi connectivity index (χ4v) is 1.89. The standard InChI is InChI=1S/C13H17N3O/c1-4-17-12-6-5-10(7-9(12)2)11-8-13(14)15-16(11)3/h5-8H,4H2,1-3H3,(H2,14,15). The maximum Gasteiger partial charge on any atom is 0.146 e. The molecule has 1 aromatic heterocycles. The van der Waals surface area contributed by atoms with Gasteiger partial charge in [0, 0.05) is 18.7 Å². The summed E-state index contributed by atoms with van der Waals surface area (Å²) < 4.78 is 7.30. The van der Waals surface area contributed by atoms with E-state index >= 15 is 0 Å². The first-order valence-corrected chi connectivity index (χ1v) is 5.65. The molecule has 1 aromatic carbocycles. The van der Waals surface area contributed by atoms with Gasteiger partial charge in [0.05, 0.1) is 12.3 Å². The molecule has 0 unspecified atom stereocenters. The highest BCUT2D eigenvalue weighted by molar-refractivity contribution is 5.64. The van der Waals surface area contributed by atoms with Crippen molar-refractivity contribution in [1.82, 2.24) is 9.78 Å². The van der Waals surface area contributed by atoms with Crippen molar-refractivity contribution in [3.05, 3.63) is 29.8 Å². The Bertz CT molecular complexity index is 531. The van der Waals surface area contributed by atoms with Crippen LogP contribution in [0.1, 0.15) is 12.5 Å². The first-order valence-electron chi connectivity index (χ1n) is 5.65. The summed E-state index contributed by atoms with van der Waals surface area (Å²) in [6, 6.07) is 7.96.